The number of methoxy groups -OCH3 is 1. The summed E-state index contributed by atoms with van der Waals surface area (Å²) in [5.41, 5.74) is 1.31. The molecule has 2 bridgehead atoms. The Morgan fingerprint density at radius 3 is 1.96 bits per heavy atom. The SMILES string of the molecule is COC(=O)C(CC1CC2CCN1CC2)(c1ccccc1)c1ccccc1. The van der Waals surface area contributed by atoms with Gasteiger partial charge >= 0.3 is 5.97 Å². The summed E-state index contributed by atoms with van der Waals surface area (Å²) >= 11 is 0. The molecule has 3 aliphatic heterocycles. The zero-order valence-corrected chi connectivity index (χ0v) is 15.4. The Kier molecular flexibility index (Phi) is 4.82. The van der Waals surface area contributed by atoms with Crippen LogP contribution < -0.4 is 0 Å². The van der Waals surface area contributed by atoms with Crippen molar-refractivity contribution in [1.29, 1.82) is 0 Å². The van der Waals surface area contributed by atoms with Crippen LogP contribution in [0.15, 0.2) is 60.7 Å². The van der Waals surface area contributed by atoms with Crippen LogP contribution in [0.5, 0.6) is 0 Å². The van der Waals surface area contributed by atoms with Gasteiger partial charge in [0.05, 0.1) is 7.11 Å². The molecule has 3 heteroatoms. The number of rotatable bonds is 5. The maximum absolute atomic E-state index is 13.3. The lowest BCUT2D eigenvalue weighted by atomic mass is 9.67. The Bertz CT molecular complexity index is 696. The molecular formula is C23H27NO2. The monoisotopic (exact) mass is 349 g/mol. The maximum Gasteiger partial charge on any atom is 0.320 e. The zero-order chi connectivity index (χ0) is 18.0. The number of esters is 1. The number of hydrogen-bond acceptors (Lipinski definition) is 3. The van der Waals surface area contributed by atoms with Crippen molar-refractivity contribution in [3.63, 3.8) is 0 Å². The van der Waals surface area contributed by atoms with Gasteiger partial charge < -0.3 is 9.64 Å². The van der Waals surface area contributed by atoms with Gasteiger partial charge in [0.1, 0.15) is 5.41 Å². The molecular weight excluding hydrogens is 322 g/mol. The van der Waals surface area contributed by atoms with E-state index in [9.17, 15) is 4.79 Å². The molecule has 0 aliphatic carbocycles. The van der Waals surface area contributed by atoms with E-state index in [1.807, 2.05) is 36.4 Å². The van der Waals surface area contributed by atoms with Crippen molar-refractivity contribution in [3.8, 4) is 0 Å². The molecule has 136 valence electrons. The molecule has 0 radical (unpaired) electrons. The van der Waals surface area contributed by atoms with Gasteiger partial charge in [-0.2, -0.15) is 0 Å². The summed E-state index contributed by atoms with van der Waals surface area (Å²) in [6, 6.07) is 20.8. The highest BCUT2D eigenvalue weighted by molar-refractivity contribution is 5.87. The summed E-state index contributed by atoms with van der Waals surface area (Å²) < 4.78 is 5.39. The van der Waals surface area contributed by atoms with Crippen LogP contribution in [-0.2, 0) is 14.9 Å². The molecule has 3 saturated heterocycles. The van der Waals surface area contributed by atoms with Crippen LogP contribution in [0, 0.1) is 5.92 Å². The molecule has 2 aromatic rings. The topological polar surface area (TPSA) is 29.5 Å². The van der Waals surface area contributed by atoms with Crippen molar-refractivity contribution in [2.75, 3.05) is 20.2 Å². The average Bonchev–Trinajstić information content (AvgIpc) is 2.73. The molecule has 3 heterocycles. The smallest absolute Gasteiger partial charge is 0.320 e. The van der Waals surface area contributed by atoms with Crippen LogP contribution in [-0.4, -0.2) is 37.1 Å². The zero-order valence-electron chi connectivity index (χ0n) is 15.4. The van der Waals surface area contributed by atoms with E-state index < -0.39 is 5.41 Å². The van der Waals surface area contributed by atoms with Gasteiger partial charge in [-0.05, 0) is 55.8 Å². The Balaban J connectivity index is 1.81. The van der Waals surface area contributed by atoms with Gasteiger partial charge in [-0.15, -0.1) is 0 Å². The van der Waals surface area contributed by atoms with E-state index in [0.717, 1.165) is 36.6 Å². The summed E-state index contributed by atoms with van der Waals surface area (Å²) in [5.74, 6) is 0.657. The van der Waals surface area contributed by atoms with Gasteiger partial charge in [-0.25, -0.2) is 0 Å². The molecule has 2 aromatic carbocycles. The average molecular weight is 349 g/mol. The number of ether oxygens (including phenoxy) is 1. The van der Waals surface area contributed by atoms with Crippen molar-refractivity contribution in [3.05, 3.63) is 71.8 Å². The van der Waals surface area contributed by atoms with Gasteiger partial charge in [0.2, 0.25) is 0 Å². The normalized spacial score (nSPS) is 25.0. The van der Waals surface area contributed by atoms with Crippen LogP contribution in [0.1, 0.15) is 36.8 Å². The molecule has 1 atom stereocenters. The summed E-state index contributed by atoms with van der Waals surface area (Å²) in [7, 11) is 1.51. The Labute approximate surface area is 156 Å². The fourth-order valence-electron chi connectivity index (χ4n) is 4.99. The highest BCUT2D eigenvalue weighted by Crippen LogP contribution is 2.43. The van der Waals surface area contributed by atoms with E-state index in [-0.39, 0.29) is 5.97 Å². The van der Waals surface area contributed by atoms with Gasteiger partial charge in [0.25, 0.3) is 0 Å². The van der Waals surface area contributed by atoms with Crippen molar-refractivity contribution in [2.24, 2.45) is 5.92 Å². The number of piperidine rings is 3. The first kappa shape index (κ1) is 17.3. The van der Waals surface area contributed by atoms with Crippen LogP contribution in [0.3, 0.4) is 0 Å². The van der Waals surface area contributed by atoms with E-state index in [2.05, 4.69) is 29.2 Å². The Morgan fingerprint density at radius 2 is 1.54 bits per heavy atom. The molecule has 3 nitrogen and oxygen atoms in total. The molecule has 0 aromatic heterocycles. The molecule has 0 saturated carbocycles. The number of carbonyl (C=O) groups is 1. The van der Waals surface area contributed by atoms with E-state index >= 15 is 0 Å². The molecule has 26 heavy (non-hydrogen) atoms. The van der Waals surface area contributed by atoms with E-state index in [0.29, 0.717) is 6.04 Å². The lowest BCUT2D eigenvalue weighted by Crippen LogP contribution is -2.53. The largest absolute Gasteiger partial charge is 0.468 e. The first-order chi connectivity index (χ1) is 12.7. The van der Waals surface area contributed by atoms with Crippen LogP contribution in [0.25, 0.3) is 0 Å². The molecule has 0 amide bonds. The van der Waals surface area contributed by atoms with E-state index in [4.69, 9.17) is 4.74 Å². The number of benzene rings is 2. The molecule has 1 unspecified atom stereocenters. The van der Waals surface area contributed by atoms with Crippen LogP contribution >= 0.6 is 0 Å². The molecule has 3 aliphatic rings. The molecule has 3 fully saturated rings. The number of hydrogen-bond donors (Lipinski definition) is 0. The fourth-order valence-corrected chi connectivity index (χ4v) is 4.99. The highest BCUT2D eigenvalue weighted by Gasteiger charge is 2.47. The third-order valence-corrected chi connectivity index (χ3v) is 6.38. The number of carbonyl (C=O) groups excluding carboxylic acids is 1. The lowest BCUT2D eigenvalue weighted by Gasteiger charge is -2.48. The highest BCUT2D eigenvalue weighted by atomic mass is 16.5. The molecule has 0 spiro atoms. The molecule has 0 N–H and O–H groups in total. The first-order valence-corrected chi connectivity index (χ1v) is 9.67. The van der Waals surface area contributed by atoms with Crippen molar-refractivity contribution in [1.82, 2.24) is 4.90 Å². The quantitative estimate of drug-likeness (QED) is 0.764. The summed E-state index contributed by atoms with van der Waals surface area (Å²) in [6.07, 6.45) is 4.58. The molecule has 5 rings (SSSR count). The van der Waals surface area contributed by atoms with Gasteiger partial charge in [0, 0.05) is 6.04 Å². The van der Waals surface area contributed by atoms with Crippen LogP contribution in [0.2, 0.25) is 0 Å². The van der Waals surface area contributed by atoms with Crippen molar-refractivity contribution >= 4 is 5.97 Å². The summed E-state index contributed by atoms with van der Waals surface area (Å²) in [6.45, 7) is 2.33. The van der Waals surface area contributed by atoms with Crippen molar-refractivity contribution < 1.29 is 9.53 Å². The third kappa shape index (κ3) is 2.95. The summed E-state index contributed by atoms with van der Waals surface area (Å²) in [4.78, 5) is 15.9. The summed E-state index contributed by atoms with van der Waals surface area (Å²) in [5, 5.41) is 0. The number of nitrogens with zero attached hydrogens (tertiary/aromatic N) is 1. The van der Waals surface area contributed by atoms with E-state index in [1.54, 1.807) is 0 Å². The minimum absolute atomic E-state index is 0.155. The lowest BCUT2D eigenvalue weighted by molar-refractivity contribution is -0.147. The minimum Gasteiger partial charge on any atom is -0.468 e. The predicted octanol–water partition coefficient (Wildman–Crippen LogP) is 4.02. The number of fused-ring (bicyclic) bond motifs is 3. The fraction of sp³-hybridized carbons (Fsp3) is 0.435. The van der Waals surface area contributed by atoms with Gasteiger partial charge in [0.15, 0.2) is 0 Å². The Hall–Kier alpha value is -2.13. The van der Waals surface area contributed by atoms with Crippen LogP contribution in [0.4, 0.5) is 0 Å². The first-order valence-electron chi connectivity index (χ1n) is 9.67. The van der Waals surface area contributed by atoms with E-state index in [1.165, 1.54) is 26.4 Å². The predicted molar refractivity (Wildman–Crippen MR) is 103 cm³/mol. The Morgan fingerprint density at radius 1 is 1.00 bits per heavy atom. The standard InChI is InChI=1S/C23H27NO2/c1-26-22(25)23(19-8-4-2-5-9-19,20-10-6-3-7-11-20)17-21-16-18-12-14-24(21)15-13-18/h2-11,18,21H,12-17H2,1H3. The second-order valence-corrected chi connectivity index (χ2v) is 7.70. The minimum atomic E-state index is -0.751. The van der Waals surface area contributed by atoms with Crippen molar-refractivity contribution in [2.45, 2.75) is 37.1 Å². The van der Waals surface area contributed by atoms with Gasteiger partial charge in [-0.3, -0.25) is 4.79 Å². The second-order valence-electron chi connectivity index (χ2n) is 7.70. The third-order valence-electron chi connectivity index (χ3n) is 6.38. The van der Waals surface area contributed by atoms with Gasteiger partial charge in [-0.1, -0.05) is 60.7 Å². The maximum atomic E-state index is 13.3. The second kappa shape index (κ2) is 7.24.